The number of amides is 1. The summed E-state index contributed by atoms with van der Waals surface area (Å²) in [4.78, 5) is 13.4. The first-order valence-electron chi connectivity index (χ1n) is 8.94. The van der Waals surface area contributed by atoms with Crippen molar-refractivity contribution in [2.24, 2.45) is 0 Å². The Labute approximate surface area is 186 Å². The second kappa shape index (κ2) is 8.73. The molecule has 0 aliphatic rings. The predicted octanol–water partition coefficient (Wildman–Crippen LogP) is 5.99. The van der Waals surface area contributed by atoms with Crippen molar-refractivity contribution < 1.29 is 13.9 Å². The second-order valence-electron chi connectivity index (χ2n) is 6.50. The molecule has 154 valence electrons. The van der Waals surface area contributed by atoms with Gasteiger partial charge in [0.2, 0.25) is 0 Å². The fraction of sp³-hybridized carbons (Fsp3) is 0.143. The minimum Gasteiger partial charge on any atom is -0.380 e. The van der Waals surface area contributed by atoms with Gasteiger partial charge in [-0.25, -0.2) is 9.07 Å². The van der Waals surface area contributed by atoms with Gasteiger partial charge in [0, 0.05) is 28.8 Å². The molecule has 0 spiro atoms. The van der Waals surface area contributed by atoms with Crippen LogP contribution in [0.4, 0.5) is 10.2 Å². The number of aromatic nitrogens is 2. The number of hydrogen-bond donors (Lipinski definition) is 1. The van der Waals surface area contributed by atoms with Crippen LogP contribution in [0, 0.1) is 5.82 Å². The number of nitrogens with one attached hydrogen (secondary N) is 1. The maximum atomic E-state index is 14.4. The van der Waals surface area contributed by atoms with Gasteiger partial charge in [0.25, 0.3) is 5.91 Å². The third kappa shape index (κ3) is 3.94. The lowest BCUT2D eigenvalue weighted by molar-refractivity contribution is 0.102. The molecule has 5 nitrogen and oxygen atoms in total. The van der Waals surface area contributed by atoms with E-state index in [1.165, 1.54) is 24.5 Å². The highest BCUT2D eigenvalue weighted by molar-refractivity contribution is 7.21. The van der Waals surface area contributed by atoms with E-state index in [0.29, 0.717) is 42.9 Å². The molecule has 1 N–H and O–H groups in total. The summed E-state index contributed by atoms with van der Waals surface area (Å²) in [7, 11) is 1.51. The first-order chi connectivity index (χ1) is 14.5. The number of thiophene rings is 1. The average molecular weight is 464 g/mol. The Balaban J connectivity index is 1.64. The van der Waals surface area contributed by atoms with E-state index in [-0.39, 0.29) is 18.3 Å². The van der Waals surface area contributed by atoms with Gasteiger partial charge in [0.15, 0.2) is 0 Å². The fourth-order valence-corrected chi connectivity index (χ4v) is 4.70. The lowest BCUT2D eigenvalue weighted by Gasteiger charge is -2.11. The van der Waals surface area contributed by atoms with Crippen molar-refractivity contribution in [1.29, 1.82) is 0 Å². The van der Waals surface area contributed by atoms with Crippen molar-refractivity contribution in [3.05, 3.63) is 80.5 Å². The van der Waals surface area contributed by atoms with Crippen molar-refractivity contribution in [3.63, 3.8) is 0 Å². The van der Waals surface area contributed by atoms with Crippen LogP contribution in [0.2, 0.25) is 10.0 Å². The highest BCUT2D eigenvalue weighted by atomic mass is 35.5. The molecule has 0 unspecified atom stereocenters. The molecule has 2 aromatic carbocycles. The Hall–Kier alpha value is -2.45. The van der Waals surface area contributed by atoms with Crippen molar-refractivity contribution in [3.8, 4) is 0 Å². The standard InChI is InChI=1S/C21H16Cl2FN3O2S/c1-29-11-13-18-15(24)6-3-7-16(18)30-20(13)21(28)26-17-8-9-25-27(17)10-12-4-2-5-14(22)19(12)23/h2-9H,10-11H2,1H3,(H,26,28). The summed E-state index contributed by atoms with van der Waals surface area (Å²) in [5.74, 6) is -0.255. The topological polar surface area (TPSA) is 56.1 Å². The van der Waals surface area contributed by atoms with Crippen LogP contribution in [-0.2, 0) is 17.9 Å². The van der Waals surface area contributed by atoms with Crippen LogP contribution in [0.5, 0.6) is 0 Å². The van der Waals surface area contributed by atoms with Crippen molar-refractivity contribution in [2.45, 2.75) is 13.2 Å². The second-order valence-corrected chi connectivity index (χ2v) is 8.33. The van der Waals surface area contributed by atoms with Crippen LogP contribution in [0.1, 0.15) is 20.8 Å². The maximum Gasteiger partial charge on any atom is 0.267 e. The van der Waals surface area contributed by atoms with E-state index in [1.807, 2.05) is 6.07 Å². The quantitative estimate of drug-likeness (QED) is 0.381. The lowest BCUT2D eigenvalue weighted by Crippen LogP contribution is -2.16. The number of nitrogens with zero attached hydrogens (tertiary/aromatic N) is 2. The summed E-state index contributed by atoms with van der Waals surface area (Å²) >= 11 is 13.6. The summed E-state index contributed by atoms with van der Waals surface area (Å²) in [6, 6.07) is 11.8. The van der Waals surface area contributed by atoms with Gasteiger partial charge in [0.05, 0.1) is 34.3 Å². The SMILES string of the molecule is COCc1c(C(=O)Nc2ccnn2Cc2cccc(Cl)c2Cl)sc2cccc(F)c12. The van der Waals surface area contributed by atoms with Crippen LogP contribution < -0.4 is 5.32 Å². The summed E-state index contributed by atoms with van der Waals surface area (Å²) in [5, 5.41) is 8.42. The zero-order valence-corrected chi connectivity index (χ0v) is 18.1. The molecule has 4 aromatic rings. The maximum absolute atomic E-state index is 14.4. The number of carbonyl (C=O) groups excluding carboxylic acids is 1. The van der Waals surface area contributed by atoms with E-state index in [4.69, 9.17) is 27.9 Å². The van der Waals surface area contributed by atoms with Gasteiger partial charge < -0.3 is 10.1 Å². The van der Waals surface area contributed by atoms with Gasteiger partial charge in [-0.05, 0) is 23.8 Å². The molecule has 0 saturated heterocycles. The number of benzene rings is 2. The molecule has 0 radical (unpaired) electrons. The molecule has 9 heteroatoms. The Morgan fingerprint density at radius 2 is 2.03 bits per heavy atom. The van der Waals surface area contributed by atoms with Crippen LogP contribution >= 0.6 is 34.5 Å². The Kier molecular flexibility index (Phi) is 6.06. The number of halogens is 3. The summed E-state index contributed by atoms with van der Waals surface area (Å²) in [6.07, 6.45) is 1.58. The van der Waals surface area contributed by atoms with Crippen molar-refractivity contribution in [1.82, 2.24) is 9.78 Å². The Morgan fingerprint density at radius 3 is 2.83 bits per heavy atom. The van der Waals surface area contributed by atoms with Gasteiger partial charge in [0.1, 0.15) is 11.6 Å². The van der Waals surface area contributed by atoms with E-state index in [9.17, 15) is 9.18 Å². The number of fused-ring (bicyclic) bond motifs is 1. The van der Waals surface area contributed by atoms with Gasteiger partial charge in [-0.3, -0.25) is 4.79 Å². The molecule has 2 aromatic heterocycles. The molecule has 4 rings (SSSR count). The number of hydrogen-bond acceptors (Lipinski definition) is 4. The van der Waals surface area contributed by atoms with E-state index < -0.39 is 0 Å². The molecule has 0 aliphatic carbocycles. The van der Waals surface area contributed by atoms with Crippen molar-refractivity contribution >= 4 is 56.3 Å². The van der Waals surface area contributed by atoms with Gasteiger partial charge in [-0.2, -0.15) is 5.10 Å². The first kappa shape index (κ1) is 20.8. The largest absolute Gasteiger partial charge is 0.380 e. The number of methoxy groups -OCH3 is 1. The van der Waals surface area contributed by atoms with E-state index in [0.717, 1.165) is 5.56 Å². The van der Waals surface area contributed by atoms with Gasteiger partial charge >= 0.3 is 0 Å². The third-order valence-corrected chi connectivity index (χ3v) is 6.62. The molecule has 0 fully saturated rings. The molecule has 0 atom stereocenters. The van der Waals surface area contributed by atoms with Crippen LogP contribution in [-0.4, -0.2) is 22.8 Å². The molecule has 2 heterocycles. The Morgan fingerprint density at radius 1 is 1.23 bits per heavy atom. The molecular formula is C21H16Cl2FN3O2S. The zero-order valence-electron chi connectivity index (χ0n) is 15.8. The summed E-state index contributed by atoms with van der Waals surface area (Å²) in [5.41, 5.74) is 1.30. The average Bonchev–Trinajstić information content (AvgIpc) is 3.31. The van der Waals surface area contributed by atoms with Crippen molar-refractivity contribution in [2.75, 3.05) is 12.4 Å². The Bertz CT molecular complexity index is 1240. The molecule has 0 bridgehead atoms. The normalized spacial score (nSPS) is 11.2. The number of carbonyl (C=O) groups is 1. The smallest absolute Gasteiger partial charge is 0.267 e. The van der Waals surface area contributed by atoms with Crippen LogP contribution in [0.25, 0.3) is 10.1 Å². The van der Waals surface area contributed by atoms with Crippen LogP contribution in [0.15, 0.2) is 48.7 Å². The molecule has 0 saturated carbocycles. The third-order valence-electron chi connectivity index (χ3n) is 4.57. The van der Waals surface area contributed by atoms with E-state index >= 15 is 0 Å². The molecule has 0 aliphatic heterocycles. The minimum atomic E-state index is -0.379. The highest BCUT2D eigenvalue weighted by Gasteiger charge is 2.22. The fourth-order valence-electron chi connectivity index (χ4n) is 3.20. The van der Waals surface area contributed by atoms with E-state index in [1.54, 1.807) is 41.2 Å². The monoisotopic (exact) mass is 463 g/mol. The number of rotatable bonds is 6. The molecular weight excluding hydrogens is 448 g/mol. The number of ether oxygens (including phenoxy) is 1. The highest BCUT2D eigenvalue weighted by Crippen LogP contribution is 2.34. The molecule has 1 amide bonds. The predicted molar refractivity (Wildman–Crippen MR) is 118 cm³/mol. The molecule has 30 heavy (non-hydrogen) atoms. The lowest BCUT2D eigenvalue weighted by atomic mass is 10.1. The zero-order chi connectivity index (χ0) is 21.3. The van der Waals surface area contributed by atoms with Crippen LogP contribution in [0.3, 0.4) is 0 Å². The first-order valence-corrected chi connectivity index (χ1v) is 10.5. The van der Waals surface area contributed by atoms with E-state index in [2.05, 4.69) is 10.4 Å². The minimum absolute atomic E-state index is 0.126. The van der Waals surface area contributed by atoms with Gasteiger partial charge in [-0.1, -0.05) is 41.4 Å². The summed E-state index contributed by atoms with van der Waals surface area (Å²) in [6.45, 7) is 0.453. The van der Waals surface area contributed by atoms with Gasteiger partial charge in [-0.15, -0.1) is 11.3 Å². The number of anilines is 1. The summed E-state index contributed by atoms with van der Waals surface area (Å²) < 4.78 is 21.9.